The monoisotopic (exact) mass is 422 g/mol. The van der Waals surface area contributed by atoms with Crippen molar-refractivity contribution in [1.82, 2.24) is 0 Å². The van der Waals surface area contributed by atoms with Crippen LogP contribution in [0.15, 0.2) is 78.9 Å². The number of rotatable bonds is 6. The maximum atomic E-state index is 6.31. The lowest BCUT2D eigenvalue weighted by atomic mass is 9.89. The minimum atomic E-state index is 0.580. The van der Waals surface area contributed by atoms with Gasteiger partial charge in [-0.2, -0.15) is 0 Å². The average molecular weight is 423 g/mol. The number of fused-ring (bicyclic) bond motifs is 3. The fourth-order valence-corrected chi connectivity index (χ4v) is 4.67. The summed E-state index contributed by atoms with van der Waals surface area (Å²) in [7, 11) is 1.74. The molecule has 160 valence electrons. The number of ether oxygens (including phenoxy) is 3. The first-order valence-electron chi connectivity index (χ1n) is 11.1. The average Bonchev–Trinajstić information content (AvgIpc) is 2.84. The molecule has 0 spiro atoms. The summed E-state index contributed by atoms with van der Waals surface area (Å²) >= 11 is 0. The van der Waals surface area contributed by atoms with Crippen molar-refractivity contribution in [3.63, 3.8) is 0 Å². The van der Waals surface area contributed by atoms with Gasteiger partial charge in [-0.3, -0.25) is 0 Å². The first-order chi connectivity index (χ1) is 15.8. The van der Waals surface area contributed by atoms with Gasteiger partial charge in [0.05, 0.1) is 20.3 Å². The zero-order chi connectivity index (χ0) is 22.1. The van der Waals surface area contributed by atoms with Gasteiger partial charge in [0.15, 0.2) is 0 Å². The maximum absolute atomic E-state index is 6.31. The van der Waals surface area contributed by atoms with Crippen molar-refractivity contribution >= 4 is 32.3 Å². The molecule has 0 radical (unpaired) electrons. The quantitative estimate of drug-likeness (QED) is 0.263. The number of hydrogen-bond acceptors (Lipinski definition) is 3. The van der Waals surface area contributed by atoms with Crippen molar-refractivity contribution in [2.45, 2.75) is 13.8 Å². The molecule has 0 bridgehead atoms. The van der Waals surface area contributed by atoms with Crippen LogP contribution in [0, 0.1) is 0 Å². The number of benzene rings is 5. The van der Waals surface area contributed by atoms with Crippen molar-refractivity contribution in [3.05, 3.63) is 78.9 Å². The Kier molecular flexibility index (Phi) is 5.32. The molecule has 0 unspecified atom stereocenters. The summed E-state index contributed by atoms with van der Waals surface area (Å²) in [6.07, 6.45) is 0. The van der Waals surface area contributed by atoms with Crippen LogP contribution in [-0.4, -0.2) is 20.3 Å². The molecular formula is C29H26O3. The normalized spacial score (nSPS) is 11.2. The van der Waals surface area contributed by atoms with E-state index in [-0.39, 0.29) is 0 Å². The molecule has 5 rings (SSSR count). The Morgan fingerprint density at radius 2 is 1.03 bits per heavy atom. The summed E-state index contributed by atoms with van der Waals surface area (Å²) in [6.45, 7) is 5.22. The Bertz CT molecular complexity index is 1380. The van der Waals surface area contributed by atoms with E-state index in [0.29, 0.717) is 13.2 Å². The fourth-order valence-electron chi connectivity index (χ4n) is 4.67. The zero-order valence-corrected chi connectivity index (χ0v) is 18.6. The van der Waals surface area contributed by atoms with Gasteiger partial charge in [-0.15, -0.1) is 0 Å². The van der Waals surface area contributed by atoms with Gasteiger partial charge in [0, 0.05) is 32.7 Å². The Labute approximate surface area is 188 Å². The van der Waals surface area contributed by atoms with Gasteiger partial charge in [0.25, 0.3) is 0 Å². The van der Waals surface area contributed by atoms with Gasteiger partial charge in [-0.25, -0.2) is 0 Å². The summed E-state index contributed by atoms with van der Waals surface area (Å²) < 4.78 is 18.3. The third-order valence-electron chi connectivity index (χ3n) is 5.90. The largest absolute Gasteiger partial charge is 0.495 e. The van der Waals surface area contributed by atoms with Crippen LogP contribution in [0.1, 0.15) is 13.8 Å². The Morgan fingerprint density at radius 3 is 1.53 bits per heavy atom. The van der Waals surface area contributed by atoms with Gasteiger partial charge >= 0.3 is 0 Å². The predicted octanol–water partition coefficient (Wildman–Crippen LogP) is 7.62. The molecular weight excluding hydrogens is 396 g/mol. The SMILES string of the molecule is CCOc1cc(-c2c3ccccc3c(OC)c3ccccc23)c(OCC)c2ccccc12. The van der Waals surface area contributed by atoms with E-state index < -0.39 is 0 Å². The highest BCUT2D eigenvalue weighted by Crippen LogP contribution is 2.49. The van der Waals surface area contributed by atoms with Crippen molar-refractivity contribution in [2.75, 3.05) is 20.3 Å². The summed E-state index contributed by atoms with van der Waals surface area (Å²) in [5, 5.41) is 6.53. The first-order valence-corrected chi connectivity index (χ1v) is 11.1. The van der Waals surface area contributed by atoms with E-state index in [2.05, 4.69) is 72.8 Å². The molecule has 3 nitrogen and oxygen atoms in total. The van der Waals surface area contributed by atoms with Crippen LogP contribution >= 0.6 is 0 Å². The van der Waals surface area contributed by atoms with Gasteiger partial charge < -0.3 is 14.2 Å². The van der Waals surface area contributed by atoms with Crippen LogP contribution in [0.3, 0.4) is 0 Å². The summed E-state index contributed by atoms with van der Waals surface area (Å²) in [5.41, 5.74) is 2.16. The van der Waals surface area contributed by atoms with Crippen molar-refractivity contribution in [2.24, 2.45) is 0 Å². The second-order valence-corrected chi connectivity index (χ2v) is 7.66. The molecule has 0 saturated heterocycles. The van der Waals surface area contributed by atoms with E-state index in [1.54, 1.807) is 7.11 Å². The van der Waals surface area contributed by atoms with Gasteiger partial charge in [0.2, 0.25) is 0 Å². The minimum absolute atomic E-state index is 0.580. The molecule has 0 aromatic heterocycles. The molecule has 0 heterocycles. The van der Waals surface area contributed by atoms with Crippen molar-refractivity contribution < 1.29 is 14.2 Å². The van der Waals surface area contributed by atoms with E-state index >= 15 is 0 Å². The standard InChI is InChI=1S/C29H26O3/c1-4-31-26-18-25(29(32-5-2)22-15-9-6-12-19(22)26)27-20-13-7-10-16-23(20)28(30-3)24-17-11-8-14-21(24)27/h6-18H,4-5H2,1-3H3. The molecule has 0 fully saturated rings. The molecule has 3 heteroatoms. The summed E-state index contributed by atoms with van der Waals surface area (Å²) in [5.74, 6) is 2.64. The highest BCUT2D eigenvalue weighted by atomic mass is 16.5. The molecule has 0 saturated carbocycles. The smallest absolute Gasteiger partial charge is 0.135 e. The topological polar surface area (TPSA) is 27.7 Å². The third kappa shape index (κ3) is 3.13. The van der Waals surface area contributed by atoms with E-state index in [4.69, 9.17) is 14.2 Å². The predicted molar refractivity (Wildman–Crippen MR) is 133 cm³/mol. The first kappa shape index (κ1) is 20.2. The van der Waals surface area contributed by atoms with Gasteiger partial charge in [0.1, 0.15) is 17.2 Å². The second kappa shape index (κ2) is 8.43. The van der Waals surface area contributed by atoms with E-state index in [0.717, 1.165) is 60.7 Å². The molecule has 5 aromatic carbocycles. The molecule has 0 aliphatic carbocycles. The molecule has 0 N–H and O–H groups in total. The molecule has 0 aliphatic heterocycles. The Balaban J connectivity index is 2.00. The highest BCUT2D eigenvalue weighted by molar-refractivity contribution is 6.19. The highest BCUT2D eigenvalue weighted by Gasteiger charge is 2.21. The summed E-state index contributed by atoms with van der Waals surface area (Å²) in [4.78, 5) is 0. The van der Waals surface area contributed by atoms with E-state index in [1.165, 1.54) is 0 Å². The third-order valence-corrected chi connectivity index (χ3v) is 5.90. The van der Waals surface area contributed by atoms with E-state index in [9.17, 15) is 0 Å². The van der Waals surface area contributed by atoms with Crippen LogP contribution in [-0.2, 0) is 0 Å². The molecule has 0 aliphatic rings. The zero-order valence-electron chi connectivity index (χ0n) is 18.6. The number of hydrogen-bond donors (Lipinski definition) is 0. The van der Waals surface area contributed by atoms with Crippen LogP contribution in [0.2, 0.25) is 0 Å². The minimum Gasteiger partial charge on any atom is -0.495 e. The molecule has 0 amide bonds. The lowest BCUT2D eigenvalue weighted by Gasteiger charge is -2.21. The lowest BCUT2D eigenvalue weighted by molar-refractivity contribution is 0.338. The Hall–Kier alpha value is -3.72. The molecule has 0 atom stereocenters. The van der Waals surface area contributed by atoms with Crippen LogP contribution in [0.25, 0.3) is 43.4 Å². The van der Waals surface area contributed by atoms with Gasteiger partial charge in [-0.05, 0) is 30.7 Å². The fraction of sp³-hybridized carbons (Fsp3) is 0.172. The Morgan fingerprint density at radius 1 is 0.562 bits per heavy atom. The summed E-state index contributed by atoms with van der Waals surface area (Å²) in [6, 6.07) is 27.2. The van der Waals surface area contributed by atoms with Crippen LogP contribution in [0.4, 0.5) is 0 Å². The van der Waals surface area contributed by atoms with Crippen LogP contribution in [0.5, 0.6) is 17.2 Å². The van der Waals surface area contributed by atoms with Crippen molar-refractivity contribution in [1.29, 1.82) is 0 Å². The lowest BCUT2D eigenvalue weighted by Crippen LogP contribution is -2.00. The molecule has 32 heavy (non-hydrogen) atoms. The molecule has 5 aromatic rings. The van der Waals surface area contributed by atoms with Gasteiger partial charge in [-0.1, -0.05) is 72.8 Å². The van der Waals surface area contributed by atoms with E-state index in [1.807, 2.05) is 19.9 Å². The second-order valence-electron chi connectivity index (χ2n) is 7.66. The maximum Gasteiger partial charge on any atom is 0.135 e. The van der Waals surface area contributed by atoms with Crippen LogP contribution < -0.4 is 14.2 Å². The van der Waals surface area contributed by atoms with Crippen molar-refractivity contribution in [3.8, 4) is 28.4 Å². The number of methoxy groups -OCH3 is 1.